The first-order valence-corrected chi connectivity index (χ1v) is 21.6. The quantitative estimate of drug-likeness (QED) is 0.106. The van der Waals surface area contributed by atoms with E-state index in [1.165, 1.54) is 24.8 Å². The van der Waals surface area contributed by atoms with Gasteiger partial charge in [0.15, 0.2) is 34.6 Å². The van der Waals surface area contributed by atoms with Crippen LogP contribution in [0.1, 0.15) is 37.1 Å². The van der Waals surface area contributed by atoms with Gasteiger partial charge in [-0.15, -0.1) is 0 Å². The number of piperidine rings is 2. The van der Waals surface area contributed by atoms with Crippen molar-refractivity contribution in [3.05, 3.63) is 113 Å². The van der Waals surface area contributed by atoms with Gasteiger partial charge in [0.05, 0.1) is 58.8 Å². The summed E-state index contributed by atoms with van der Waals surface area (Å²) in [6, 6.07) is 18.4. The van der Waals surface area contributed by atoms with E-state index in [4.69, 9.17) is 46.7 Å². The van der Waals surface area contributed by atoms with Gasteiger partial charge in [0, 0.05) is 54.9 Å². The minimum atomic E-state index is -0.566. The number of nitrogens with one attached hydrogen (secondary N) is 3. The summed E-state index contributed by atoms with van der Waals surface area (Å²) >= 11 is 11.8. The normalized spacial score (nSPS) is 14.4. The summed E-state index contributed by atoms with van der Waals surface area (Å²) in [5.74, 6) is 2.59. The summed E-state index contributed by atoms with van der Waals surface area (Å²) in [5.41, 5.74) is 2.47. The van der Waals surface area contributed by atoms with Crippen molar-refractivity contribution in [2.24, 2.45) is 0 Å². The molecule has 2 saturated heterocycles. The number of aromatic nitrogens is 5. The molecule has 2 aliphatic rings. The third kappa shape index (κ3) is 10.7. The summed E-state index contributed by atoms with van der Waals surface area (Å²) in [4.78, 5) is 31.7. The van der Waals surface area contributed by atoms with Crippen LogP contribution in [-0.2, 0) is 11.2 Å². The van der Waals surface area contributed by atoms with E-state index in [1.54, 1.807) is 62.8 Å². The van der Waals surface area contributed by atoms with E-state index >= 15 is 0 Å². The highest BCUT2D eigenvalue weighted by molar-refractivity contribution is 6.31. The van der Waals surface area contributed by atoms with Crippen molar-refractivity contribution in [1.82, 2.24) is 35.3 Å². The number of aryl methyl sites for hydroxylation is 1. The van der Waals surface area contributed by atoms with E-state index in [2.05, 4.69) is 41.0 Å². The maximum atomic E-state index is 14.4. The lowest BCUT2D eigenvalue weighted by molar-refractivity contribution is -0.132. The van der Waals surface area contributed by atoms with Gasteiger partial charge in [-0.3, -0.25) is 4.79 Å². The predicted octanol–water partition coefficient (Wildman–Crippen LogP) is 9.39. The van der Waals surface area contributed by atoms with Crippen molar-refractivity contribution in [1.29, 1.82) is 0 Å². The molecule has 0 spiro atoms. The van der Waals surface area contributed by atoms with Crippen LogP contribution in [0.5, 0.6) is 23.0 Å². The van der Waals surface area contributed by atoms with E-state index in [0.29, 0.717) is 88.1 Å². The van der Waals surface area contributed by atoms with Crippen LogP contribution in [0.4, 0.5) is 31.8 Å². The number of hydrogen-bond donors (Lipinski definition) is 3. The highest BCUT2D eigenvalue weighted by Crippen LogP contribution is 2.38. The number of benzene rings is 4. The van der Waals surface area contributed by atoms with Crippen LogP contribution in [0, 0.1) is 18.6 Å². The molecule has 5 heterocycles. The van der Waals surface area contributed by atoms with Crippen molar-refractivity contribution in [3.63, 3.8) is 0 Å². The molecule has 2 fully saturated rings. The molecule has 3 aromatic heterocycles. The molecule has 0 radical (unpaired) electrons. The van der Waals surface area contributed by atoms with Gasteiger partial charge in [-0.25, -0.2) is 28.7 Å². The summed E-state index contributed by atoms with van der Waals surface area (Å²) in [7, 11) is 3.14. The first-order valence-electron chi connectivity index (χ1n) is 20.9. The molecule has 4 aromatic carbocycles. The Morgan fingerprint density at radius 2 is 1.25 bits per heavy atom. The highest BCUT2D eigenvalue weighted by atomic mass is 35.5. The Hall–Kier alpha value is -6.56. The fourth-order valence-electron chi connectivity index (χ4n) is 7.54. The summed E-state index contributed by atoms with van der Waals surface area (Å²) in [6.45, 7) is 4.84. The molecule has 0 atom stereocenters. The topological polar surface area (TPSA) is 171 Å². The van der Waals surface area contributed by atoms with Gasteiger partial charge >= 0.3 is 0 Å². The fraction of sp³-hybridized carbons (Fsp3) is 0.304. The molecule has 15 nitrogen and oxygen atoms in total. The Morgan fingerprint density at radius 1 is 0.738 bits per heavy atom. The maximum absolute atomic E-state index is 14.4. The Labute approximate surface area is 382 Å². The number of rotatable bonds is 12. The Morgan fingerprint density at radius 3 is 1.72 bits per heavy atom. The van der Waals surface area contributed by atoms with Crippen LogP contribution < -0.4 is 34.9 Å². The second-order valence-corrected chi connectivity index (χ2v) is 16.1. The van der Waals surface area contributed by atoms with Gasteiger partial charge in [0.1, 0.15) is 42.3 Å². The molecule has 0 saturated carbocycles. The smallest absolute Gasteiger partial charge is 0.230 e. The number of carbonyl (C=O) groups excluding carboxylic acids is 1. The maximum Gasteiger partial charge on any atom is 0.230 e. The molecular weight excluding hydrogens is 883 g/mol. The molecule has 0 bridgehead atoms. The number of fused-ring (bicyclic) bond motifs is 2. The lowest BCUT2D eigenvalue weighted by Gasteiger charge is -2.32. The third-order valence-corrected chi connectivity index (χ3v) is 11.5. The number of hydrogen-bond acceptors (Lipinski definition) is 14. The molecule has 338 valence electrons. The molecule has 0 unspecified atom stereocenters. The SMILES string of the molecule is COc1cc2c(Nc3cccc(Cl)c3F)ncnc2cc1OC1CCN(C(=O)Cc2cc(C)no2)CC1.COc1cc2c(Nc3cccc(Cl)c3F)ncnc2cc1OC1CCNCC1. The molecule has 2 aliphatic heterocycles. The first-order chi connectivity index (χ1) is 31.6. The molecular formula is C46H45Cl2F2N9O6. The average molecular weight is 929 g/mol. The van der Waals surface area contributed by atoms with Gasteiger partial charge < -0.3 is 44.3 Å². The number of halogens is 4. The van der Waals surface area contributed by atoms with Crippen LogP contribution in [0.25, 0.3) is 21.8 Å². The monoisotopic (exact) mass is 927 g/mol. The van der Waals surface area contributed by atoms with Crippen LogP contribution in [0.2, 0.25) is 10.0 Å². The molecule has 0 aliphatic carbocycles. The van der Waals surface area contributed by atoms with Gasteiger partial charge in [0.25, 0.3) is 0 Å². The summed E-state index contributed by atoms with van der Waals surface area (Å²) < 4.78 is 57.4. The molecule has 1 amide bonds. The molecule has 7 aromatic rings. The van der Waals surface area contributed by atoms with E-state index in [9.17, 15) is 13.6 Å². The van der Waals surface area contributed by atoms with E-state index < -0.39 is 11.6 Å². The van der Waals surface area contributed by atoms with Crippen LogP contribution >= 0.6 is 23.2 Å². The molecule has 19 heteroatoms. The van der Waals surface area contributed by atoms with Gasteiger partial charge in [-0.1, -0.05) is 40.5 Å². The average Bonchev–Trinajstić information content (AvgIpc) is 3.73. The zero-order valence-electron chi connectivity index (χ0n) is 35.7. The molecule has 65 heavy (non-hydrogen) atoms. The second-order valence-electron chi connectivity index (χ2n) is 15.3. The number of carbonyl (C=O) groups is 1. The predicted molar refractivity (Wildman–Crippen MR) is 243 cm³/mol. The Kier molecular flexibility index (Phi) is 14.2. The van der Waals surface area contributed by atoms with Crippen LogP contribution in [0.3, 0.4) is 0 Å². The van der Waals surface area contributed by atoms with Crippen molar-refractivity contribution < 1.29 is 37.0 Å². The minimum Gasteiger partial charge on any atom is -0.493 e. The van der Waals surface area contributed by atoms with Crippen LogP contribution in [0.15, 0.2) is 83.9 Å². The van der Waals surface area contributed by atoms with Gasteiger partial charge in [-0.2, -0.15) is 0 Å². The molecule has 3 N–H and O–H groups in total. The fourth-order valence-corrected chi connectivity index (χ4v) is 7.89. The van der Waals surface area contributed by atoms with Gasteiger partial charge in [-0.05, 0) is 69.3 Å². The first kappa shape index (κ1) is 45.0. The number of ether oxygens (including phenoxy) is 4. The lowest BCUT2D eigenvalue weighted by Crippen LogP contribution is -2.42. The number of likely N-dealkylation sites (tertiary alicyclic amines) is 1. The van der Waals surface area contributed by atoms with E-state index in [0.717, 1.165) is 31.6 Å². The van der Waals surface area contributed by atoms with Crippen molar-refractivity contribution in [3.8, 4) is 23.0 Å². The zero-order valence-corrected chi connectivity index (χ0v) is 37.2. The minimum absolute atomic E-state index is 0.00533. The van der Waals surface area contributed by atoms with Crippen molar-refractivity contribution in [2.45, 2.75) is 51.2 Å². The van der Waals surface area contributed by atoms with Crippen LogP contribution in [-0.4, -0.2) is 88.5 Å². The number of methoxy groups -OCH3 is 2. The number of nitrogens with zero attached hydrogens (tertiary/aromatic N) is 6. The van der Waals surface area contributed by atoms with Crippen molar-refractivity contribution in [2.75, 3.05) is 51.0 Å². The van der Waals surface area contributed by atoms with Crippen molar-refractivity contribution >= 4 is 73.9 Å². The highest BCUT2D eigenvalue weighted by Gasteiger charge is 2.26. The number of anilines is 4. The summed E-state index contributed by atoms with van der Waals surface area (Å²) in [5, 5.41) is 14.5. The molecule has 9 rings (SSSR count). The zero-order chi connectivity index (χ0) is 45.5. The second kappa shape index (κ2) is 20.5. The Bertz CT molecular complexity index is 2810. The standard InChI is InChI=1S/C26H25ClFN5O4.C20H20ClFN4O2/c1-15-10-17(37-32-15)11-24(34)33-8-6-16(7-9-33)36-23-13-21-18(12-22(23)35-2)26(30-14-29-21)31-20-5-3-4-19(27)25(20)28;1-27-17-9-13-16(10-18(17)28-12-5-7-23-8-6-12)24-11-25-20(13)26-15-4-2-3-14(21)19(15)22/h3-5,10,12-14,16H,6-9,11H2,1-2H3,(H,29,30,31);2-4,9-12,23H,5-8H2,1H3,(H,24,25,26). The lowest BCUT2D eigenvalue weighted by atomic mass is 10.1. The Balaban J connectivity index is 0.000000184. The summed E-state index contributed by atoms with van der Waals surface area (Å²) in [6.07, 6.45) is 6.27. The van der Waals surface area contributed by atoms with E-state index in [-0.39, 0.29) is 46.0 Å². The largest absolute Gasteiger partial charge is 0.493 e. The van der Waals surface area contributed by atoms with Gasteiger partial charge in [0.2, 0.25) is 5.91 Å². The third-order valence-electron chi connectivity index (χ3n) is 10.9. The van der Waals surface area contributed by atoms with E-state index in [1.807, 2.05) is 17.9 Å². The number of amides is 1.